The molecule has 0 saturated heterocycles. The first kappa shape index (κ1) is 14.3. The second kappa shape index (κ2) is 5.09. The third-order valence-electron chi connectivity index (χ3n) is 2.58. The summed E-state index contributed by atoms with van der Waals surface area (Å²) in [7, 11) is -4.11. The van der Waals surface area contributed by atoms with Crippen LogP contribution in [0.3, 0.4) is 0 Å². The molecule has 0 aliphatic heterocycles. The van der Waals surface area contributed by atoms with E-state index in [1.807, 2.05) is 4.72 Å². The molecule has 0 aliphatic rings. The van der Waals surface area contributed by atoms with Gasteiger partial charge in [0.25, 0.3) is 10.0 Å². The molecule has 0 unspecified atom stereocenters. The second-order valence-corrected chi connectivity index (χ2v) is 5.96. The van der Waals surface area contributed by atoms with E-state index in [1.165, 1.54) is 12.1 Å². The van der Waals surface area contributed by atoms with E-state index in [4.69, 9.17) is 5.73 Å². The standard InChI is InChI=1S/C13H12F2N2O2S/c1-8-5-9(16)7-10(6-8)20(18,19)17-13-11(14)3-2-4-12(13)15/h2-7,17H,16H2,1H3. The minimum absolute atomic E-state index is 0.155. The van der Waals surface area contributed by atoms with Gasteiger partial charge in [-0.25, -0.2) is 17.2 Å². The lowest BCUT2D eigenvalue weighted by Crippen LogP contribution is -2.15. The van der Waals surface area contributed by atoms with E-state index < -0.39 is 27.3 Å². The highest BCUT2D eigenvalue weighted by atomic mass is 32.2. The Morgan fingerprint density at radius 3 is 2.25 bits per heavy atom. The molecule has 0 aromatic heterocycles. The Hall–Kier alpha value is -2.15. The summed E-state index contributed by atoms with van der Waals surface area (Å²) in [6.45, 7) is 1.67. The van der Waals surface area contributed by atoms with Gasteiger partial charge in [-0.2, -0.15) is 0 Å². The number of aryl methyl sites for hydroxylation is 1. The highest BCUT2D eigenvalue weighted by Gasteiger charge is 2.19. The number of rotatable bonds is 3. The first-order valence-corrected chi connectivity index (χ1v) is 7.12. The predicted octanol–water partition coefficient (Wildman–Crippen LogP) is 2.66. The molecular formula is C13H12F2N2O2S. The van der Waals surface area contributed by atoms with Crippen LogP contribution < -0.4 is 10.5 Å². The Morgan fingerprint density at radius 1 is 1.10 bits per heavy atom. The Bertz CT molecular complexity index is 720. The van der Waals surface area contributed by atoms with Gasteiger partial charge in [-0.1, -0.05) is 6.07 Å². The summed E-state index contributed by atoms with van der Waals surface area (Å²) in [5, 5.41) is 0. The second-order valence-electron chi connectivity index (χ2n) is 4.28. The average Bonchev–Trinajstić information content (AvgIpc) is 2.33. The van der Waals surface area contributed by atoms with Crippen molar-refractivity contribution in [3.8, 4) is 0 Å². The van der Waals surface area contributed by atoms with Crippen molar-refractivity contribution in [3.05, 3.63) is 53.6 Å². The molecule has 2 rings (SSSR count). The Kier molecular flexibility index (Phi) is 3.63. The Balaban J connectivity index is 2.46. The molecule has 0 aliphatic carbocycles. The molecule has 106 valence electrons. The van der Waals surface area contributed by atoms with Gasteiger partial charge in [0.2, 0.25) is 0 Å². The van der Waals surface area contributed by atoms with E-state index >= 15 is 0 Å². The van der Waals surface area contributed by atoms with Crippen LogP contribution in [0.4, 0.5) is 20.2 Å². The first-order valence-electron chi connectivity index (χ1n) is 5.63. The van der Waals surface area contributed by atoms with Gasteiger partial charge < -0.3 is 5.73 Å². The van der Waals surface area contributed by atoms with Crippen LogP contribution in [0.5, 0.6) is 0 Å². The number of para-hydroxylation sites is 1. The smallest absolute Gasteiger partial charge is 0.262 e. The minimum Gasteiger partial charge on any atom is -0.399 e. The van der Waals surface area contributed by atoms with Crippen molar-refractivity contribution in [2.45, 2.75) is 11.8 Å². The summed E-state index contributed by atoms with van der Waals surface area (Å²) in [4.78, 5) is -0.155. The molecule has 4 nitrogen and oxygen atoms in total. The number of nitrogens with one attached hydrogen (secondary N) is 1. The van der Waals surface area contributed by atoms with Crippen molar-refractivity contribution >= 4 is 21.4 Å². The fourth-order valence-corrected chi connectivity index (χ4v) is 2.93. The van der Waals surface area contributed by atoms with Gasteiger partial charge in [0, 0.05) is 5.69 Å². The number of nitrogen functional groups attached to an aromatic ring is 1. The molecular weight excluding hydrogens is 286 g/mol. The van der Waals surface area contributed by atoms with Crippen LogP contribution in [-0.4, -0.2) is 8.42 Å². The zero-order valence-corrected chi connectivity index (χ0v) is 11.3. The highest BCUT2D eigenvalue weighted by Crippen LogP contribution is 2.23. The van der Waals surface area contributed by atoms with Crippen LogP contribution in [0.1, 0.15) is 5.56 Å². The van der Waals surface area contributed by atoms with Gasteiger partial charge in [0.05, 0.1) is 4.90 Å². The van der Waals surface area contributed by atoms with E-state index in [9.17, 15) is 17.2 Å². The summed E-state index contributed by atoms with van der Waals surface area (Å²) in [6, 6.07) is 7.23. The Labute approximate surface area is 115 Å². The van der Waals surface area contributed by atoms with E-state index in [-0.39, 0.29) is 10.6 Å². The zero-order valence-electron chi connectivity index (χ0n) is 10.5. The van der Waals surface area contributed by atoms with E-state index in [2.05, 4.69) is 0 Å². The van der Waals surface area contributed by atoms with Crippen LogP contribution in [-0.2, 0) is 10.0 Å². The maximum atomic E-state index is 13.5. The number of hydrogen-bond donors (Lipinski definition) is 2. The van der Waals surface area contributed by atoms with Crippen LogP contribution in [0.2, 0.25) is 0 Å². The molecule has 0 spiro atoms. The minimum atomic E-state index is -4.11. The number of hydrogen-bond acceptors (Lipinski definition) is 3. The van der Waals surface area contributed by atoms with Gasteiger partial charge >= 0.3 is 0 Å². The van der Waals surface area contributed by atoms with Crippen molar-refractivity contribution in [1.82, 2.24) is 0 Å². The number of benzene rings is 2. The first-order chi connectivity index (χ1) is 9.29. The van der Waals surface area contributed by atoms with Gasteiger partial charge in [-0.05, 0) is 42.8 Å². The maximum absolute atomic E-state index is 13.5. The SMILES string of the molecule is Cc1cc(N)cc(S(=O)(=O)Nc2c(F)cccc2F)c1. The van der Waals surface area contributed by atoms with Gasteiger partial charge in [-0.3, -0.25) is 4.72 Å². The van der Waals surface area contributed by atoms with Crippen molar-refractivity contribution in [3.63, 3.8) is 0 Å². The van der Waals surface area contributed by atoms with Crippen LogP contribution in [0, 0.1) is 18.6 Å². The third-order valence-corrected chi connectivity index (χ3v) is 3.91. The summed E-state index contributed by atoms with van der Waals surface area (Å²) in [5.41, 5.74) is 5.73. The molecule has 0 atom stereocenters. The number of halogens is 2. The van der Waals surface area contributed by atoms with Crippen molar-refractivity contribution < 1.29 is 17.2 Å². The topological polar surface area (TPSA) is 72.2 Å². The van der Waals surface area contributed by atoms with Crippen LogP contribution in [0.15, 0.2) is 41.3 Å². The lowest BCUT2D eigenvalue weighted by Gasteiger charge is -2.11. The number of nitrogens with two attached hydrogens (primary N) is 1. The summed E-state index contributed by atoms with van der Waals surface area (Å²) in [6.07, 6.45) is 0. The normalized spacial score (nSPS) is 11.3. The predicted molar refractivity (Wildman–Crippen MR) is 72.8 cm³/mol. The van der Waals surface area contributed by atoms with Crippen molar-refractivity contribution in [1.29, 1.82) is 0 Å². The maximum Gasteiger partial charge on any atom is 0.262 e. The van der Waals surface area contributed by atoms with E-state index in [0.717, 1.165) is 18.2 Å². The lowest BCUT2D eigenvalue weighted by molar-refractivity contribution is 0.583. The average molecular weight is 298 g/mol. The lowest BCUT2D eigenvalue weighted by atomic mass is 10.2. The molecule has 0 saturated carbocycles. The zero-order chi connectivity index (χ0) is 14.9. The van der Waals surface area contributed by atoms with Gasteiger partial charge in [0.15, 0.2) is 0 Å². The summed E-state index contributed by atoms with van der Waals surface area (Å²) >= 11 is 0. The molecule has 0 bridgehead atoms. The fourth-order valence-electron chi connectivity index (χ4n) is 1.72. The number of anilines is 2. The molecule has 20 heavy (non-hydrogen) atoms. The highest BCUT2D eigenvalue weighted by molar-refractivity contribution is 7.92. The number of sulfonamides is 1. The van der Waals surface area contributed by atoms with E-state index in [1.54, 1.807) is 13.0 Å². The Morgan fingerprint density at radius 2 is 1.70 bits per heavy atom. The van der Waals surface area contributed by atoms with Crippen molar-refractivity contribution in [2.75, 3.05) is 10.5 Å². The monoisotopic (exact) mass is 298 g/mol. The van der Waals surface area contributed by atoms with E-state index in [0.29, 0.717) is 5.56 Å². The molecule has 2 aromatic rings. The molecule has 0 radical (unpaired) electrons. The van der Waals surface area contributed by atoms with Gasteiger partial charge in [0.1, 0.15) is 17.3 Å². The summed E-state index contributed by atoms with van der Waals surface area (Å²) in [5.74, 6) is -1.98. The fraction of sp³-hybridized carbons (Fsp3) is 0.0769. The molecule has 3 N–H and O–H groups in total. The van der Waals surface area contributed by atoms with Crippen LogP contribution in [0.25, 0.3) is 0 Å². The quantitative estimate of drug-likeness (QED) is 0.856. The molecule has 7 heteroatoms. The third kappa shape index (κ3) is 2.88. The van der Waals surface area contributed by atoms with Crippen molar-refractivity contribution in [2.24, 2.45) is 0 Å². The van der Waals surface area contributed by atoms with Gasteiger partial charge in [-0.15, -0.1) is 0 Å². The van der Waals surface area contributed by atoms with Crippen LogP contribution >= 0.6 is 0 Å². The molecule has 0 heterocycles. The largest absolute Gasteiger partial charge is 0.399 e. The molecule has 0 amide bonds. The molecule has 2 aromatic carbocycles. The molecule has 0 fully saturated rings. The summed E-state index contributed by atoms with van der Waals surface area (Å²) < 4.78 is 53.0.